The van der Waals surface area contributed by atoms with Crippen LogP contribution in [0.15, 0.2) is 24.7 Å². The summed E-state index contributed by atoms with van der Waals surface area (Å²) in [7, 11) is 0. The highest BCUT2D eigenvalue weighted by Gasteiger charge is 2.43. The van der Waals surface area contributed by atoms with Crippen LogP contribution in [0.3, 0.4) is 0 Å². The van der Waals surface area contributed by atoms with Crippen LogP contribution in [-0.4, -0.2) is 62.4 Å². The van der Waals surface area contributed by atoms with Crippen molar-refractivity contribution in [1.29, 1.82) is 0 Å². The first-order valence-electron chi connectivity index (χ1n) is 7.59. The zero-order valence-corrected chi connectivity index (χ0v) is 12.1. The third-order valence-corrected chi connectivity index (χ3v) is 4.71. The lowest BCUT2D eigenvalue weighted by Crippen LogP contribution is -2.51. The van der Waals surface area contributed by atoms with Gasteiger partial charge in [-0.3, -0.25) is 9.20 Å². The largest absolute Gasteiger partial charge is 0.396 e. The first-order valence-corrected chi connectivity index (χ1v) is 7.59. The van der Waals surface area contributed by atoms with Crippen LogP contribution in [0.25, 0.3) is 5.65 Å². The van der Waals surface area contributed by atoms with Gasteiger partial charge in [-0.1, -0.05) is 0 Å². The summed E-state index contributed by atoms with van der Waals surface area (Å²) in [6, 6.07) is 3.66. The summed E-state index contributed by atoms with van der Waals surface area (Å²) in [5, 5.41) is 17.3. The minimum atomic E-state index is -0.0320. The Morgan fingerprint density at radius 2 is 2.36 bits per heavy atom. The standard InChI is InChI=1S/C15H18N4O3/c20-8-10-6-12-13(7-10)22-5-4-19(12)15(21)11-2-1-3-18-9-16-17-14(11)18/h1-3,9-10,12-13,20H,4-8H2/t10-,12+,13?/m1/s1. The number of hydrogen-bond donors (Lipinski definition) is 1. The molecule has 116 valence electrons. The summed E-state index contributed by atoms with van der Waals surface area (Å²) in [6.07, 6.45) is 5.06. The Morgan fingerprint density at radius 1 is 1.45 bits per heavy atom. The molecule has 22 heavy (non-hydrogen) atoms. The molecular formula is C15H18N4O3. The number of hydrogen-bond acceptors (Lipinski definition) is 5. The van der Waals surface area contributed by atoms with Crippen molar-refractivity contribution in [1.82, 2.24) is 19.5 Å². The number of fused-ring (bicyclic) bond motifs is 2. The number of carbonyl (C=O) groups is 1. The minimum absolute atomic E-state index is 0.0320. The van der Waals surface area contributed by atoms with Gasteiger partial charge >= 0.3 is 0 Å². The number of nitrogens with zero attached hydrogens (tertiary/aromatic N) is 4. The van der Waals surface area contributed by atoms with E-state index in [0.29, 0.717) is 24.4 Å². The topological polar surface area (TPSA) is 80.0 Å². The Bertz CT molecular complexity index is 701. The molecule has 1 saturated carbocycles. The second-order valence-corrected chi connectivity index (χ2v) is 5.98. The molecule has 2 aliphatic rings. The summed E-state index contributed by atoms with van der Waals surface area (Å²) in [5.41, 5.74) is 1.14. The quantitative estimate of drug-likeness (QED) is 0.865. The number of morpholine rings is 1. The normalized spacial score (nSPS) is 28.0. The van der Waals surface area contributed by atoms with Gasteiger partial charge in [0.1, 0.15) is 6.33 Å². The molecular weight excluding hydrogens is 284 g/mol. The molecule has 0 bridgehead atoms. The van der Waals surface area contributed by atoms with Gasteiger partial charge in [0, 0.05) is 19.3 Å². The van der Waals surface area contributed by atoms with E-state index in [-0.39, 0.29) is 30.6 Å². The molecule has 7 nitrogen and oxygen atoms in total. The Morgan fingerprint density at radius 3 is 3.23 bits per heavy atom. The molecule has 1 unspecified atom stereocenters. The Kier molecular flexibility index (Phi) is 3.31. The van der Waals surface area contributed by atoms with Gasteiger partial charge in [-0.15, -0.1) is 10.2 Å². The minimum Gasteiger partial charge on any atom is -0.396 e. The molecule has 1 amide bonds. The highest BCUT2D eigenvalue weighted by atomic mass is 16.5. The summed E-state index contributed by atoms with van der Waals surface area (Å²) < 4.78 is 7.53. The summed E-state index contributed by atoms with van der Waals surface area (Å²) >= 11 is 0. The number of pyridine rings is 1. The van der Waals surface area contributed by atoms with E-state index in [0.717, 1.165) is 12.8 Å². The average Bonchev–Trinajstić information content (AvgIpc) is 3.19. The Labute approximate surface area is 127 Å². The lowest BCUT2D eigenvalue weighted by atomic mass is 10.1. The van der Waals surface area contributed by atoms with Gasteiger partial charge in [-0.25, -0.2) is 0 Å². The highest BCUT2D eigenvalue weighted by Crippen LogP contribution is 2.34. The van der Waals surface area contributed by atoms with Crippen molar-refractivity contribution >= 4 is 11.6 Å². The third-order valence-electron chi connectivity index (χ3n) is 4.71. The zero-order chi connectivity index (χ0) is 15.1. The van der Waals surface area contributed by atoms with Gasteiger partial charge in [0.25, 0.3) is 5.91 Å². The van der Waals surface area contributed by atoms with Crippen molar-refractivity contribution in [2.24, 2.45) is 5.92 Å². The van der Waals surface area contributed by atoms with E-state index in [4.69, 9.17) is 4.74 Å². The van der Waals surface area contributed by atoms with Crippen molar-refractivity contribution in [3.8, 4) is 0 Å². The highest BCUT2D eigenvalue weighted by molar-refractivity contribution is 6.00. The molecule has 4 rings (SSSR count). The number of aromatic nitrogens is 3. The molecule has 3 atom stereocenters. The Hall–Kier alpha value is -1.99. The fraction of sp³-hybridized carbons (Fsp3) is 0.533. The molecule has 7 heteroatoms. The lowest BCUT2D eigenvalue weighted by Gasteiger charge is -2.37. The fourth-order valence-corrected chi connectivity index (χ4v) is 3.62. The molecule has 0 spiro atoms. The maximum Gasteiger partial charge on any atom is 0.258 e. The van der Waals surface area contributed by atoms with E-state index in [1.165, 1.54) is 0 Å². The monoisotopic (exact) mass is 302 g/mol. The molecule has 2 fully saturated rings. The number of carbonyl (C=O) groups excluding carboxylic acids is 1. The van der Waals surface area contributed by atoms with E-state index in [1.54, 1.807) is 16.8 Å². The van der Waals surface area contributed by atoms with E-state index in [1.807, 2.05) is 17.2 Å². The lowest BCUT2D eigenvalue weighted by molar-refractivity contribution is -0.0448. The van der Waals surface area contributed by atoms with Crippen LogP contribution in [0.5, 0.6) is 0 Å². The molecule has 2 aromatic heterocycles. The van der Waals surface area contributed by atoms with Crippen LogP contribution >= 0.6 is 0 Å². The van der Waals surface area contributed by atoms with Gasteiger partial charge in [0.05, 0.1) is 24.3 Å². The van der Waals surface area contributed by atoms with E-state index in [2.05, 4.69) is 10.2 Å². The fourth-order valence-electron chi connectivity index (χ4n) is 3.62. The van der Waals surface area contributed by atoms with Crippen molar-refractivity contribution in [2.45, 2.75) is 25.0 Å². The molecule has 1 saturated heterocycles. The molecule has 0 aromatic carbocycles. The van der Waals surface area contributed by atoms with Crippen LogP contribution in [0.1, 0.15) is 23.2 Å². The van der Waals surface area contributed by atoms with E-state index >= 15 is 0 Å². The van der Waals surface area contributed by atoms with Crippen LogP contribution in [-0.2, 0) is 4.74 Å². The number of amides is 1. The Balaban J connectivity index is 1.66. The summed E-state index contributed by atoms with van der Waals surface area (Å²) in [4.78, 5) is 14.9. The van der Waals surface area contributed by atoms with Gasteiger partial charge in [0.2, 0.25) is 0 Å². The van der Waals surface area contributed by atoms with Crippen LogP contribution in [0.4, 0.5) is 0 Å². The van der Waals surface area contributed by atoms with Gasteiger partial charge in [-0.2, -0.15) is 0 Å². The number of aliphatic hydroxyl groups is 1. The maximum atomic E-state index is 13.0. The van der Waals surface area contributed by atoms with Gasteiger partial charge < -0.3 is 14.7 Å². The second-order valence-electron chi connectivity index (χ2n) is 5.98. The first-order chi connectivity index (χ1) is 10.8. The summed E-state index contributed by atoms with van der Waals surface area (Å²) in [6.45, 7) is 1.27. The SMILES string of the molecule is O=C(c1cccn2cnnc12)N1CCOC2C[C@H](CO)C[C@@H]21. The molecule has 0 radical (unpaired) electrons. The van der Waals surface area contributed by atoms with Gasteiger partial charge in [0.15, 0.2) is 5.65 Å². The molecule has 1 N–H and O–H groups in total. The van der Waals surface area contributed by atoms with Crippen molar-refractivity contribution in [3.05, 3.63) is 30.2 Å². The summed E-state index contributed by atoms with van der Waals surface area (Å²) in [5.74, 6) is 0.183. The van der Waals surface area contributed by atoms with Crippen molar-refractivity contribution in [3.63, 3.8) is 0 Å². The first kappa shape index (κ1) is 13.7. The van der Waals surface area contributed by atoms with Crippen LogP contribution in [0, 0.1) is 5.92 Å². The molecule has 1 aliphatic heterocycles. The maximum absolute atomic E-state index is 13.0. The molecule has 3 heterocycles. The number of rotatable bonds is 2. The molecule has 2 aromatic rings. The number of ether oxygens (including phenoxy) is 1. The van der Waals surface area contributed by atoms with Gasteiger partial charge in [-0.05, 0) is 30.9 Å². The van der Waals surface area contributed by atoms with Crippen molar-refractivity contribution in [2.75, 3.05) is 19.8 Å². The smallest absolute Gasteiger partial charge is 0.258 e. The van der Waals surface area contributed by atoms with E-state index < -0.39 is 0 Å². The zero-order valence-electron chi connectivity index (χ0n) is 12.1. The second kappa shape index (κ2) is 5.33. The average molecular weight is 302 g/mol. The predicted molar refractivity (Wildman–Crippen MR) is 77.4 cm³/mol. The van der Waals surface area contributed by atoms with Crippen molar-refractivity contribution < 1.29 is 14.6 Å². The predicted octanol–water partition coefficient (Wildman–Crippen LogP) is 0.341. The number of aliphatic hydroxyl groups excluding tert-OH is 1. The molecule has 1 aliphatic carbocycles. The van der Waals surface area contributed by atoms with Crippen LogP contribution < -0.4 is 0 Å². The third kappa shape index (κ3) is 2.08. The van der Waals surface area contributed by atoms with Crippen LogP contribution in [0.2, 0.25) is 0 Å². The van der Waals surface area contributed by atoms with E-state index in [9.17, 15) is 9.90 Å².